The molecule has 20 heavy (non-hydrogen) atoms. The van der Waals surface area contributed by atoms with Crippen LogP contribution in [0.15, 0.2) is 18.2 Å². The van der Waals surface area contributed by atoms with Gasteiger partial charge in [-0.3, -0.25) is 9.69 Å². The smallest absolute Gasteiger partial charge is 0.304 e. The number of aliphatic carboxylic acids is 1. The summed E-state index contributed by atoms with van der Waals surface area (Å²) in [6, 6.07) is 5.14. The molecule has 0 spiro atoms. The van der Waals surface area contributed by atoms with E-state index in [1.165, 1.54) is 0 Å². The first kappa shape index (κ1) is 15.4. The quantitative estimate of drug-likeness (QED) is 0.905. The number of nitrogens with zero attached hydrogens (tertiary/aromatic N) is 1. The Balaban J connectivity index is 1.92. The number of likely N-dealkylation sites (tertiary alicyclic amines) is 1. The van der Waals surface area contributed by atoms with Crippen molar-refractivity contribution in [3.63, 3.8) is 0 Å². The van der Waals surface area contributed by atoms with Crippen LogP contribution >= 0.6 is 23.2 Å². The molecule has 2 rings (SSSR count). The first-order chi connectivity index (χ1) is 9.54. The van der Waals surface area contributed by atoms with Crippen molar-refractivity contribution in [2.24, 2.45) is 0 Å². The van der Waals surface area contributed by atoms with E-state index < -0.39 is 5.97 Å². The molecule has 0 bridgehead atoms. The molecule has 6 heteroatoms. The van der Waals surface area contributed by atoms with Crippen molar-refractivity contribution in [1.29, 1.82) is 0 Å². The van der Waals surface area contributed by atoms with Crippen LogP contribution in [-0.2, 0) is 4.79 Å². The lowest BCUT2D eigenvalue weighted by atomic mass is 10.1. The van der Waals surface area contributed by atoms with Gasteiger partial charge in [0, 0.05) is 24.2 Å². The van der Waals surface area contributed by atoms with Crippen LogP contribution in [0, 0.1) is 0 Å². The van der Waals surface area contributed by atoms with E-state index >= 15 is 0 Å². The first-order valence-corrected chi connectivity index (χ1v) is 7.36. The van der Waals surface area contributed by atoms with E-state index in [1.54, 1.807) is 18.2 Å². The van der Waals surface area contributed by atoms with E-state index in [0.717, 1.165) is 25.9 Å². The van der Waals surface area contributed by atoms with E-state index in [4.69, 9.17) is 33.0 Å². The van der Waals surface area contributed by atoms with Gasteiger partial charge in [-0.15, -0.1) is 0 Å². The lowest BCUT2D eigenvalue weighted by molar-refractivity contribution is -0.137. The molecule has 1 N–H and O–H groups in total. The van der Waals surface area contributed by atoms with Crippen molar-refractivity contribution in [3.8, 4) is 5.75 Å². The van der Waals surface area contributed by atoms with Gasteiger partial charge in [0.15, 0.2) is 0 Å². The van der Waals surface area contributed by atoms with Gasteiger partial charge in [-0.1, -0.05) is 23.2 Å². The second-order valence-corrected chi connectivity index (χ2v) is 5.74. The molecule has 1 heterocycles. The van der Waals surface area contributed by atoms with Crippen LogP contribution in [0.25, 0.3) is 0 Å². The van der Waals surface area contributed by atoms with E-state index in [9.17, 15) is 4.79 Å². The highest BCUT2D eigenvalue weighted by Crippen LogP contribution is 2.29. The maximum Gasteiger partial charge on any atom is 0.304 e. The molecule has 0 radical (unpaired) electrons. The summed E-state index contributed by atoms with van der Waals surface area (Å²) in [7, 11) is 0. The van der Waals surface area contributed by atoms with Crippen LogP contribution < -0.4 is 4.74 Å². The van der Waals surface area contributed by atoms with Gasteiger partial charge in [0.25, 0.3) is 0 Å². The SMILES string of the molecule is O=C(O)CCN1CCCC(Oc2cc(Cl)ccc2Cl)C1. The van der Waals surface area contributed by atoms with E-state index in [0.29, 0.717) is 22.3 Å². The molecule has 1 aromatic rings. The van der Waals surface area contributed by atoms with Gasteiger partial charge in [0.2, 0.25) is 0 Å². The maximum atomic E-state index is 10.6. The standard InChI is InChI=1S/C14H17Cl2NO3/c15-10-3-4-12(16)13(8-10)20-11-2-1-6-17(9-11)7-5-14(18)19/h3-4,8,11H,1-2,5-7,9H2,(H,18,19). The molecule has 0 aliphatic carbocycles. The van der Waals surface area contributed by atoms with Gasteiger partial charge >= 0.3 is 5.97 Å². The third-order valence-corrected chi connectivity index (χ3v) is 3.84. The average molecular weight is 318 g/mol. The third kappa shape index (κ3) is 4.54. The molecular formula is C14H17Cl2NO3. The van der Waals surface area contributed by atoms with Crippen LogP contribution in [0.5, 0.6) is 5.75 Å². The molecule has 1 unspecified atom stereocenters. The number of piperidine rings is 1. The minimum atomic E-state index is -0.772. The molecule has 1 aliphatic rings. The Labute approximate surface area is 128 Å². The number of carbonyl (C=O) groups is 1. The molecule has 1 aliphatic heterocycles. The summed E-state index contributed by atoms with van der Waals surface area (Å²) < 4.78 is 5.90. The van der Waals surface area contributed by atoms with Crippen LogP contribution in [-0.4, -0.2) is 41.7 Å². The van der Waals surface area contributed by atoms with Crippen LogP contribution in [0.2, 0.25) is 10.0 Å². The Morgan fingerprint density at radius 3 is 3.00 bits per heavy atom. The Kier molecular flexibility index (Phi) is 5.52. The minimum Gasteiger partial charge on any atom is -0.487 e. The first-order valence-electron chi connectivity index (χ1n) is 6.60. The molecule has 0 saturated carbocycles. The highest BCUT2D eigenvalue weighted by atomic mass is 35.5. The van der Waals surface area contributed by atoms with Crippen LogP contribution in [0.4, 0.5) is 0 Å². The molecule has 1 atom stereocenters. The topological polar surface area (TPSA) is 49.8 Å². The van der Waals surface area contributed by atoms with Gasteiger partial charge < -0.3 is 9.84 Å². The number of halogens is 2. The highest BCUT2D eigenvalue weighted by molar-refractivity contribution is 6.34. The Morgan fingerprint density at radius 1 is 1.45 bits per heavy atom. The summed E-state index contributed by atoms with van der Waals surface area (Å²) in [5.74, 6) is -0.185. The van der Waals surface area contributed by atoms with Crippen molar-refractivity contribution in [1.82, 2.24) is 4.90 Å². The van der Waals surface area contributed by atoms with Gasteiger partial charge in [0.1, 0.15) is 11.9 Å². The van der Waals surface area contributed by atoms with Crippen molar-refractivity contribution < 1.29 is 14.6 Å². The summed E-state index contributed by atoms with van der Waals surface area (Å²) in [5, 5.41) is 9.85. The number of hydrogen-bond acceptors (Lipinski definition) is 3. The third-order valence-electron chi connectivity index (χ3n) is 3.29. The van der Waals surface area contributed by atoms with Crippen LogP contribution in [0.3, 0.4) is 0 Å². The molecule has 1 aromatic carbocycles. The molecule has 4 nitrogen and oxygen atoms in total. The van der Waals surface area contributed by atoms with Crippen molar-refractivity contribution in [3.05, 3.63) is 28.2 Å². The summed E-state index contributed by atoms with van der Waals surface area (Å²) in [5.41, 5.74) is 0. The van der Waals surface area contributed by atoms with Crippen LogP contribution in [0.1, 0.15) is 19.3 Å². The second kappa shape index (κ2) is 7.16. The predicted molar refractivity (Wildman–Crippen MR) is 78.8 cm³/mol. The Morgan fingerprint density at radius 2 is 2.25 bits per heavy atom. The normalized spacial score (nSPS) is 19.8. The molecular weight excluding hydrogens is 301 g/mol. The average Bonchev–Trinajstić information content (AvgIpc) is 2.41. The number of rotatable bonds is 5. The fourth-order valence-corrected chi connectivity index (χ4v) is 2.64. The summed E-state index contributed by atoms with van der Waals surface area (Å²) >= 11 is 12.0. The zero-order valence-corrected chi connectivity index (χ0v) is 12.5. The van der Waals surface area contributed by atoms with E-state index in [-0.39, 0.29) is 12.5 Å². The summed E-state index contributed by atoms with van der Waals surface area (Å²) in [6.45, 7) is 2.19. The fourth-order valence-electron chi connectivity index (χ4n) is 2.31. The van der Waals surface area contributed by atoms with Crippen molar-refractivity contribution in [2.45, 2.75) is 25.4 Å². The number of carboxylic acids is 1. The molecule has 0 amide bonds. The Hall–Kier alpha value is -0.970. The number of benzene rings is 1. The largest absolute Gasteiger partial charge is 0.487 e. The molecule has 110 valence electrons. The zero-order chi connectivity index (χ0) is 14.5. The Bertz CT molecular complexity index is 481. The van der Waals surface area contributed by atoms with Gasteiger partial charge in [-0.05, 0) is 31.5 Å². The molecule has 1 saturated heterocycles. The number of carboxylic acid groups (broad SMARTS) is 1. The fraction of sp³-hybridized carbons (Fsp3) is 0.500. The number of hydrogen-bond donors (Lipinski definition) is 1. The van der Waals surface area contributed by atoms with Gasteiger partial charge in [-0.2, -0.15) is 0 Å². The lowest BCUT2D eigenvalue weighted by Crippen LogP contribution is -2.42. The second-order valence-electron chi connectivity index (χ2n) is 4.90. The lowest BCUT2D eigenvalue weighted by Gasteiger charge is -2.32. The van der Waals surface area contributed by atoms with Crippen molar-refractivity contribution >= 4 is 29.2 Å². The van der Waals surface area contributed by atoms with Gasteiger partial charge in [-0.25, -0.2) is 0 Å². The number of ether oxygens (including phenoxy) is 1. The maximum absolute atomic E-state index is 10.6. The van der Waals surface area contributed by atoms with Gasteiger partial charge in [0.05, 0.1) is 11.4 Å². The van der Waals surface area contributed by atoms with E-state index in [1.807, 2.05) is 0 Å². The summed E-state index contributed by atoms with van der Waals surface area (Å²) in [4.78, 5) is 12.7. The monoisotopic (exact) mass is 317 g/mol. The molecule has 0 aromatic heterocycles. The van der Waals surface area contributed by atoms with Crippen molar-refractivity contribution in [2.75, 3.05) is 19.6 Å². The predicted octanol–water partition coefficient (Wildman–Crippen LogP) is 3.31. The van der Waals surface area contributed by atoms with E-state index in [2.05, 4.69) is 4.90 Å². The highest BCUT2D eigenvalue weighted by Gasteiger charge is 2.22. The zero-order valence-electron chi connectivity index (χ0n) is 11.0. The minimum absolute atomic E-state index is 0.0218. The summed E-state index contributed by atoms with van der Waals surface area (Å²) in [6.07, 6.45) is 2.10. The molecule has 1 fully saturated rings.